The number of anilines is 1. The smallest absolute Gasteiger partial charge is 0.417 e. The van der Waals surface area contributed by atoms with Crippen LogP contribution in [0.3, 0.4) is 0 Å². The number of esters is 1. The van der Waals surface area contributed by atoms with Gasteiger partial charge < -0.3 is 14.2 Å². The van der Waals surface area contributed by atoms with E-state index in [-0.39, 0.29) is 30.8 Å². The fourth-order valence-corrected chi connectivity index (χ4v) is 5.65. The van der Waals surface area contributed by atoms with Gasteiger partial charge in [0.25, 0.3) is 0 Å². The first-order valence-corrected chi connectivity index (χ1v) is 16.6. The highest BCUT2D eigenvalue weighted by Gasteiger charge is 2.34. The first kappa shape index (κ1) is 38.3. The molecular formula is C39H42ClF3N2O5. The quantitative estimate of drug-likeness (QED) is 0.0738. The van der Waals surface area contributed by atoms with Crippen molar-refractivity contribution in [2.75, 3.05) is 31.3 Å². The van der Waals surface area contributed by atoms with Crippen molar-refractivity contribution in [3.05, 3.63) is 130 Å². The average molecular weight is 711 g/mol. The third-order valence-electron chi connectivity index (χ3n) is 7.65. The molecule has 0 radical (unpaired) electrons. The molecule has 0 aliphatic heterocycles. The molecule has 4 rings (SSSR count). The van der Waals surface area contributed by atoms with Crippen LogP contribution >= 0.6 is 11.6 Å². The van der Waals surface area contributed by atoms with E-state index in [4.69, 9.17) is 25.8 Å². The van der Waals surface area contributed by atoms with Crippen molar-refractivity contribution >= 4 is 29.4 Å². The molecule has 0 aliphatic rings. The fraction of sp³-hybridized carbons (Fsp3) is 0.333. The zero-order chi connectivity index (χ0) is 36.3. The van der Waals surface area contributed by atoms with Gasteiger partial charge in [0.2, 0.25) is 0 Å². The predicted molar refractivity (Wildman–Crippen MR) is 188 cm³/mol. The number of hydrogen-bond acceptors (Lipinski definition) is 6. The summed E-state index contributed by atoms with van der Waals surface area (Å²) in [6.45, 7) is 7.57. The summed E-state index contributed by atoms with van der Waals surface area (Å²) in [6, 6.07) is 30.7. The highest BCUT2D eigenvalue weighted by molar-refractivity contribution is 6.32. The molecule has 0 unspecified atom stereocenters. The van der Waals surface area contributed by atoms with Crippen LogP contribution in [0.15, 0.2) is 103 Å². The molecule has 0 heterocycles. The highest BCUT2D eigenvalue weighted by Crippen LogP contribution is 2.37. The lowest BCUT2D eigenvalue weighted by atomic mass is 9.90. The van der Waals surface area contributed by atoms with E-state index in [2.05, 4.69) is 4.90 Å². The number of ether oxygens (including phenoxy) is 3. The molecule has 0 fully saturated rings. The largest absolute Gasteiger partial charge is 0.493 e. The van der Waals surface area contributed by atoms with Crippen LogP contribution in [0.2, 0.25) is 5.02 Å². The average Bonchev–Trinajstić information content (AvgIpc) is 3.06. The molecule has 4 aromatic rings. The monoisotopic (exact) mass is 710 g/mol. The maximum Gasteiger partial charge on any atom is 0.417 e. The van der Waals surface area contributed by atoms with Crippen molar-refractivity contribution in [1.82, 2.24) is 4.90 Å². The summed E-state index contributed by atoms with van der Waals surface area (Å²) in [4.78, 5) is 27.8. The topological polar surface area (TPSA) is 68.3 Å². The molecule has 7 nitrogen and oxygen atoms in total. The molecule has 266 valence electrons. The molecule has 50 heavy (non-hydrogen) atoms. The van der Waals surface area contributed by atoms with Gasteiger partial charge in [-0.15, -0.1) is 0 Å². The van der Waals surface area contributed by atoms with Crippen LogP contribution in [0.25, 0.3) is 0 Å². The minimum atomic E-state index is -4.58. The van der Waals surface area contributed by atoms with Gasteiger partial charge in [-0.2, -0.15) is 13.2 Å². The van der Waals surface area contributed by atoms with Crippen molar-refractivity contribution in [2.24, 2.45) is 0 Å². The van der Waals surface area contributed by atoms with E-state index in [9.17, 15) is 22.8 Å². The second kappa shape index (κ2) is 17.4. The van der Waals surface area contributed by atoms with Crippen molar-refractivity contribution in [1.29, 1.82) is 0 Å². The molecular weight excluding hydrogens is 669 g/mol. The molecule has 0 bridgehead atoms. The van der Waals surface area contributed by atoms with Gasteiger partial charge in [-0.25, -0.2) is 9.69 Å². The first-order valence-electron chi connectivity index (χ1n) is 16.2. The van der Waals surface area contributed by atoms with Gasteiger partial charge in [0.1, 0.15) is 11.4 Å². The number of halogens is 4. The third kappa shape index (κ3) is 11.5. The van der Waals surface area contributed by atoms with Gasteiger partial charge in [-0.05, 0) is 62.1 Å². The van der Waals surface area contributed by atoms with Crippen molar-refractivity contribution in [2.45, 2.75) is 58.4 Å². The number of nitrogens with zero attached hydrogens (tertiary/aromatic N) is 2. The summed E-state index contributed by atoms with van der Waals surface area (Å²) >= 11 is 6.35. The molecule has 11 heteroatoms. The fourth-order valence-electron chi connectivity index (χ4n) is 5.35. The van der Waals surface area contributed by atoms with Crippen LogP contribution in [-0.2, 0) is 27.0 Å². The lowest BCUT2D eigenvalue weighted by molar-refractivity contribution is -0.141. The van der Waals surface area contributed by atoms with Gasteiger partial charge in [0.05, 0.1) is 22.9 Å². The van der Waals surface area contributed by atoms with Crippen LogP contribution in [0.1, 0.15) is 62.3 Å². The summed E-state index contributed by atoms with van der Waals surface area (Å²) in [5, 5.41) is -0.308. The van der Waals surface area contributed by atoms with Gasteiger partial charge >= 0.3 is 18.2 Å². The molecule has 0 saturated heterocycles. The molecule has 0 atom stereocenters. The Morgan fingerprint density at radius 1 is 0.840 bits per heavy atom. The zero-order valence-corrected chi connectivity index (χ0v) is 29.3. The van der Waals surface area contributed by atoms with E-state index in [1.54, 1.807) is 51.1 Å². The minimum absolute atomic E-state index is 0.0596. The number of rotatable bonds is 14. The van der Waals surface area contributed by atoms with Gasteiger partial charge in [-0.1, -0.05) is 90.5 Å². The standard InChI is InChI=1S/C39H42ClF3N2O5/c1-28(46)49-27-45(37(47)50-38(2,3)4)32-19-12-20-33(24-32)48-23-13-22-44(25-31-18-11-21-35(36(31)40)39(41,42)43)26-34(29-14-7-5-8-15-29)30-16-9-6-10-17-30/h5-12,14-21,24,34H,13,22-23,25-27H2,1-4H3. The van der Waals surface area contributed by atoms with E-state index in [1.165, 1.54) is 17.9 Å². The SMILES string of the molecule is CC(=O)OCN(C(=O)OC(C)(C)C)c1cccc(OCCCN(Cc2cccc(C(F)(F)F)c2Cl)CC(c2ccccc2)c2ccccc2)c1. The highest BCUT2D eigenvalue weighted by atomic mass is 35.5. The molecule has 0 saturated carbocycles. The normalized spacial score (nSPS) is 11.8. The van der Waals surface area contributed by atoms with E-state index in [1.807, 2.05) is 60.7 Å². The maximum atomic E-state index is 13.7. The molecule has 0 aromatic heterocycles. The molecule has 0 N–H and O–H groups in total. The van der Waals surface area contributed by atoms with Gasteiger partial charge in [0.15, 0.2) is 6.73 Å². The van der Waals surface area contributed by atoms with Crippen LogP contribution in [0.5, 0.6) is 5.75 Å². The van der Waals surface area contributed by atoms with Crippen molar-refractivity contribution in [3.63, 3.8) is 0 Å². The van der Waals surface area contributed by atoms with Crippen molar-refractivity contribution in [3.8, 4) is 5.75 Å². The van der Waals surface area contributed by atoms with E-state index in [0.717, 1.165) is 17.2 Å². The van der Waals surface area contributed by atoms with Crippen LogP contribution < -0.4 is 9.64 Å². The van der Waals surface area contributed by atoms with E-state index in [0.29, 0.717) is 36.5 Å². The van der Waals surface area contributed by atoms with Gasteiger partial charge in [0, 0.05) is 38.5 Å². The Morgan fingerprint density at radius 3 is 2.04 bits per heavy atom. The Balaban J connectivity index is 1.53. The number of carbonyl (C=O) groups is 2. The van der Waals surface area contributed by atoms with E-state index < -0.39 is 29.4 Å². The number of alkyl halides is 3. The number of benzene rings is 4. The lowest BCUT2D eigenvalue weighted by Gasteiger charge is -2.29. The number of hydrogen-bond donors (Lipinski definition) is 0. The number of carbonyl (C=O) groups excluding carboxylic acids is 2. The Labute approximate surface area is 296 Å². The Bertz CT molecular complexity index is 1660. The summed E-state index contributed by atoms with van der Waals surface area (Å²) in [6.07, 6.45) is -4.74. The lowest BCUT2D eigenvalue weighted by Crippen LogP contribution is -2.38. The second-order valence-electron chi connectivity index (χ2n) is 12.8. The van der Waals surface area contributed by atoms with Crippen LogP contribution in [0.4, 0.5) is 23.7 Å². The predicted octanol–water partition coefficient (Wildman–Crippen LogP) is 9.72. The molecule has 0 spiro atoms. The minimum Gasteiger partial charge on any atom is -0.493 e. The van der Waals surface area contributed by atoms with Gasteiger partial charge in [-0.3, -0.25) is 9.69 Å². The third-order valence-corrected chi connectivity index (χ3v) is 8.10. The summed E-state index contributed by atoms with van der Waals surface area (Å²) in [5.41, 5.74) is 1.31. The van der Waals surface area contributed by atoms with Crippen molar-refractivity contribution < 1.29 is 37.0 Å². The first-order chi connectivity index (χ1) is 23.7. The van der Waals surface area contributed by atoms with Crippen LogP contribution in [0, 0.1) is 0 Å². The van der Waals surface area contributed by atoms with Crippen LogP contribution in [-0.4, -0.2) is 49.0 Å². The Kier molecular flexibility index (Phi) is 13.3. The number of amides is 1. The zero-order valence-electron chi connectivity index (χ0n) is 28.6. The molecule has 4 aromatic carbocycles. The van der Waals surface area contributed by atoms with E-state index >= 15 is 0 Å². The Hall–Kier alpha value is -4.54. The summed E-state index contributed by atoms with van der Waals surface area (Å²) < 4.78 is 57.9. The Morgan fingerprint density at radius 2 is 1.46 bits per heavy atom. The summed E-state index contributed by atoms with van der Waals surface area (Å²) in [7, 11) is 0. The second-order valence-corrected chi connectivity index (χ2v) is 13.1. The maximum absolute atomic E-state index is 13.7. The molecule has 1 amide bonds. The molecule has 0 aliphatic carbocycles. The summed E-state index contributed by atoms with van der Waals surface area (Å²) in [5.74, 6) is -0.142.